The van der Waals surface area contributed by atoms with E-state index in [0.717, 1.165) is 0 Å². The zero-order valence-corrected chi connectivity index (χ0v) is 8.29. The third-order valence-corrected chi connectivity index (χ3v) is 1.84. The number of aliphatic hydroxyl groups excluding tert-OH is 1. The molecule has 0 saturated carbocycles. The SMILES string of the molecule is CC(C)[C@H](O)C#Cc1ccc(F)cc1. The quantitative estimate of drug-likeness (QED) is 0.676. The zero-order chi connectivity index (χ0) is 10.6. The van der Waals surface area contributed by atoms with Crippen molar-refractivity contribution in [1.82, 2.24) is 0 Å². The molecular weight excluding hydrogens is 179 g/mol. The van der Waals surface area contributed by atoms with Crippen LogP contribution in [-0.4, -0.2) is 11.2 Å². The van der Waals surface area contributed by atoms with E-state index in [4.69, 9.17) is 0 Å². The minimum Gasteiger partial charge on any atom is -0.380 e. The summed E-state index contributed by atoms with van der Waals surface area (Å²) in [5, 5.41) is 9.39. The van der Waals surface area contributed by atoms with Crippen LogP contribution < -0.4 is 0 Å². The Labute approximate surface area is 83.6 Å². The first-order valence-electron chi connectivity index (χ1n) is 4.55. The summed E-state index contributed by atoms with van der Waals surface area (Å²) in [6, 6.07) is 5.89. The van der Waals surface area contributed by atoms with Crippen LogP contribution in [0.25, 0.3) is 0 Å². The van der Waals surface area contributed by atoms with Gasteiger partial charge in [0.05, 0.1) is 0 Å². The molecule has 0 amide bonds. The van der Waals surface area contributed by atoms with Gasteiger partial charge in [0.15, 0.2) is 0 Å². The van der Waals surface area contributed by atoms with Crippen molar-refractivity contribution in [3.63, 3.8) is 0 Å². The highest BCUT2D eigenvalue weighted by Gasteiger charge is 2.03. The maximum absolute atomic E-state index is 12.5. The normalized spacial score (nSPS) is 12.1. The summed E-state index contributed by atoms with van der Waals surface area (Å²) < 4.78 is 12.5. The lowest BCUT2D eigenvalue weighted by molar-refractivity contribution is 0.181. The zero-order valence-electron chi connectivity index (χ0n) is 8.29. The number of hydrogen-bond acceptors (Lipinski definition) is 1. The Morgan fingerprint density at radius 3 is 2.29 bits per heavy atom. The molecule has 0 spiro atoms. The summed E-state index contributed by atoms with van der Waals surface area (Å²) in [6.45, 7) is 3.79. The molecule has 2 heteroatoms. The van der Waals surface area contributed by atoms with Gasteiger partial charge in [-0.2, -0.15) is 0 Å². The Hall–Kier alpha value is -1.33. The van der Waals surface area contributed by atoms with Gasteiger partial charge in [0.1, 0.15) is 11.9 Å². The van der Waals surface area contributed by atoms with E-state index in [2.05, 4.69) is 11.8 Å². The van der Waals surface area contributed by atoms with Crippen molar-refractivity contribution in [2.45, 2.75) is 20.0 Å². The van der Waals surface area contributed by atoms with Gasteiger partial charge >= 0.3 is 0 Å². The Morgan fingerprint density at radius 1 is 1.21 bits per heavy atom. The minimum absolute atomic E-state index is 0.114. The van der Waals surface area contributed by atoms with Crippen molar-refractivity contribution in [3.8, 4) is 11.8 Å². The molecule has 1 nitrogen and oxygen atoms in total. The molecule has 14 heavy (non-hydrogen) atoms. The predicted molar refractivity (Wildman–Crippen MR) is 54.1 cm³/mol. The third-order valence-electron chi connectivity index (χ3n) is 1.84. The highest BCUT2D eigenvalue weighted by molar-refractivity contribution is 5.34. The van der Waals surface area contributed by atoms with Gasteiger partial charge in [-0.1, -0.05) is 25.7 Å². The van der Waals surface area contributed by atoms with Crippen LogP contribution in [0, 0.1) is 23.6 Å². The van der Waals surface area contributed by atoms with Crippen molar-refractivity contribution >= 4 is 0 Å². The maximum atomic E-state index is 12.5. The van der Waals surface area contributed by atoms with Crippen LogP contribution in [0.4, 0.5) is 4.39 Å². The maximum Gasteiger partial charge on any atom is 0.123 e. The van der Waals surface area contributed by atoms with Gasteiger partial charge in [-0.05, 0) is 30.2 Å². The fourth-order valence-electron chi connectivity index (χ4n) is 0.857. The molecule has 0 aliphatic rings. The number of halogens is 1. The second kappa shape index (κ2) is 4.78. The van der Waals surface area contributed by atoms with Crippen molar-refractivity contribution in [2.75, 3.05) is 0 Å². The summed E-state index contributed by atoms with van der Waals surface area (Å²) in [4.78, 5) is 0. The Kier molecular flexibility index (Phi) is 3.67. The van der Waals surface area contributed by atoms with Crippen LogP contribution in [0.2, 0.25) is 0 Å². The average molecular weight is 192 g/mol. The summed E-state index contributed by atoms with van der Waals surface area (Å²) in [5.74, 6) is 5.32. The average Bonchev–Trinajstić information content (AvgIpc) is 2.16. The molecule has 1 aromatic rings. The van der Waals surface area contributed by atoms with E-state index in [1.807, 2.05) is 13.8 Å². The number of aliphatic hydroxyl groups is 1. The Balaban J connectivity index is 2.73. The van der Waals surface area contributed by atoms with Gasteiger partial charge in [-0.25, -0.2) is 4.39 Å². The molecular formula is C12H13FO. The summed E-state index contributed by atoms with van der Waals surface area (Å²) in [7, 11) is 0. The van der Waals surface area contributed by atoms with Crippen LogP contribution in [-0.2, 0) is 0 Å². The third kappa shape index (κ3) is 3.20. The molecule has 1 N–H and O–H groups in total. The van der Waals surface area contributed by atoms with Gasteiger partial charge in [-0.15, -0.1) is 0 Å². The number of benzene rings is 1. The van der Waals surface area contributed by atoms with Gasteiger partial charge < -0.3 is 5.11 Å². The fraction of sp³-hybridized carbons (Fsp3) is 0.333. The molecule has 0 unspecified atom stereocenters. The van der Waals surface area contributed by atoms with Gasteiger partial charge in [0, 0.05) is 5.56 Å². The van der Waals surface area contributed by atoms with E-state index in [-0.39, 0.29) is 11.7 Å². The second-order valence-electron chi connectivity index (χ2n) is 3.47. The van der Waals surface area contributed by atoms with E-state index in [1.165, 1.54) is 12.1 Å². The predicted octanol–water partition coefficient (Wildman–Crippen LogP) is 2.19. The lowest BCUT2D eigenvalue weighted by atomic mass is 10.1. The van der Waals surface area contributed by atoms with Crippen LogP contribution in [0.1, 0.15) is 19.4 Å². The Morgan fingerprint density at radius 2 is 1.79 bits per heavy atom. The number of rotatable bonds is 1. The fourth-order valence-corrected chi connectivity index (χ4v) is 0.857. The molecule has 0 saturated heterocycles. The van der Waals surface area contributed by atoms with Crippen molar-refractivity contribution in [1.29, 1.82) is 0 Å². The van der Waals surface area contributed by atoms with Crippen LogP contribution in [0.15, 0.2) is 24.3 Å². The molecule has 0 aromatic heterocycles. The molecule has 1 atom stereocenters. The van der Waals surface area contributed by atoms with Crippen molar-refractivity contribution < 1.29 is 9.50 Å². The lowest BCUT2D eigenvalue weighted by Crippen LogP contribution is -2.11. The summed E-state index contributed by atoms with van der Waals surface area (Å²) in [6.07, 6.45) is -0.625. The molecule has 0 aliphatic heterocycles. The number of hydrogen-bond donors (Lipinski definition) is 1. The molecule has 0 heterocycles. The highest BCUT2D eigenvalue weighted by atomic mass is 19.1. The largest absolute Gasteiger partial charge is 0.380 e. The van der Waals surface area contributed by atoms with Crippen LogP contribution in [0.3, 0.4) is 0 Å². The monoisotopic (exact) mass is 192 g/mol. The first kappa shape index (κ1) is 10.7. The van der Waals surface area contributed by atoms with Crippen LogP contribution in [0.5, 0.6) is 0 Å². The smallest absolute Gasteiger partial charge is 0.123 e. The van der Waals surface area contributed by atoms with Crippen LogP contribution >= 0.6 is 0 Å². The van der Waals surface area contributed by atoms with E-state index in [9.17, 15) is 9.50 Å². The molecule has 1 rings (SSSR count). The van der Waals surface area contributed by atoms with E-state index < -0.39 is 6.10 Å². The van der Waals surface area contributed by atoms with E-state index >= 15 is 0 Å². The molecule has 74 valence electrons. The van der Waals surface area contributed by atoms with Crippen molar-refractivity contribution in [3.05, 3.63) is 35.6 Å². The van der Waals surface area contributed by atoms with E-state index in [0.29, 0.717) is 5.56 Å². The van der Waals surface area contributed by atoms with Gasteiger partial charge in [0.25, 0.3) is 0 Å². The minimum atomic E-state index is -0.625. The standard InChI is InChI=1S/C12H13FO/c1-9(2)12(14)8-5-10-3-6-11(13)7-4-10/h3-4,6-7,9,12,14H,1-2H3/t12-/m1/s1. The second-order valence-corrected chi connectivity index (χ2v) is 3.47. The topological polar surface area (TPSA) is 20.2 Å². The Bertz CT molecular complexity index is 343. The summed E-state index contributed by atoms with van der Waals surface area (Å²) in [5.41, 5.74) is 0.714. The molecule has 0 bridgehead atoms. The van der Waals surface area contributed by atoms with Gasteiger partial charge in [0.2, 0.25) is 0 Å². The van der Waals surface area contributed by atoms with Gasteiger partial charge in [-0.3, -0.25) is 0 Å². The van der Waals surface area contributed by atoms with E-state index in [1.54, 1.807) is 12.1 Å². The molecule has 0 fully saturated rings. The molecule has 0 radical (unpaired) electrons. The lowest BCUT2D eigenvalue weighted by Gasteiger charge is -2.05. The first-order valence-corrected chi connectivity index (χ1v) is 4.55. The molecule has 1 aromatic carbocycles. The molecule has 0 aliphatic carbocycles. The first-order chi connectivity index (χ1) is 6.59. The highest BCUT2D eigenvalue weighted by Crippen LogP contribution is 2.02. The van der Waals surface area contributed by atoms with Crippen molar-refractivity contribution in [2.24, 2.45) is 5.92 Å². The summed E-state index contributed by atoms with van der Waals surface area (Å²) >= 11 is 0.